The first kappa shape index (κ1) is 12.0. The van der Waals surface area contributed by atoms with Crippen LogP contribution in [0, 0.1) is 13.8 Å². The fourth-order valence-electron chi connectivity index (χ4n) is 1.46. The van der Waals surface area contributed by atoms with Crippen LogP contribution in [0.25, 0.3) is 0 Å². The van der Waals surface area contributed by atoms with Gasteiger partial charge in [-0.25, -0.2) is 4.98 Å². The van der Waals surface area contributed by atoms with Gasteiger partial charge in [-0.05, 0) is 48.0 Å². The van der Waals surface area contributed by atoms with Crippen LogP contribution in [0.5, 0.6) is 0 Å². The smallest absolute Gasteiger partial charge is 0.213 e. The third kappa shape index (κ3) is 2.79. The third-order valence-electron chi connectivity index (χ3n) is 2.50. The molecule has 0 aliphatic rings. The van der Waals surface area contributed by atoms with Crippen LogP contribution in [0.15, 0.2) is 27.1 Å². The Bertz CT molecular complexity index is 517. The van der Waals surface area contributed by atoms with E-state index in [1.54, 1.807) is 0 Å². The largest absolute Gasteiger partial charge is 0.444 e. The molecule has 0 aliphatic carbocycles. The van der Waals surface area contributed by atoms with Gasteiger partial charge in [0.1, 0.15) is 5.76 Å². The molecule has 1 heterocycles. The number of anilines is 2. The molecule has 0 fully saturated rings. The quantitative estimate of drug-likeness (QED) is 0.853. The molecule has 0 aliphatic heterocycles. The predicted molar refractivity (Wildman–Crippen MR) is 71.9 cm³/mol. The molecule has 90 valence electrons. The molecule has 0 amide bonds. The summed E-state index contributed by atoms with van der Waals surface area (Å²) in [6, 6.07) is 5.62. The van der Waals surface area contributed by atoms with E-state index in [9.17, 15) is 0 Å². The van der Waals surface area contributed by atoms with Crippen LogP contribution in [0.2, 0.25) is 0 Å². The molecule has 0 radical (unpaired) electrons. The van der Waals surface area contributed by atoms with Crippen LogP contribution >= 0.6 is 15.9 Å². The molecule has 0 atom stereocenters. The van der Waals surface area contributed by atoms with E-state index in [2.05, 4.69) is 26.2 Å². The van der Waals surface area contributed by atoms with Crippen molar-refractivity contribution in [2.75, 3.05) is 11.1 Å². The van der Waals surface area contributed by atoms with Crippen LogP contribution in [-0.2, 0) is 6.54 Å². The first-order valence-corrected chi connectivity index (χ1v) is 6.07. The van der Waals surface area contributed by atoms with Crippen LogP contribution in [0.3, 0.4) is 0 Å². The molecule has 2 aromatic rings. The molecule has 0 spiro atoms. The Morgan fingerprint density at radius 2 is 2.18 bits per heavy atom. The zero-order chi connectivity index (χ0) is 12.4. The highest BCUT2D eigenvalue weighted by Gasteiger charge is 2.06. The minimum atomic E-state index is 0.553. The summed E-state index contributed by atoms with van der Waals surface area (Å²) < 4.78 is 6.41. The molecular formula is C12H14BrN3O. The first-order chi connectivity index (χ1) is 8.06. The Balaban J connectivity index is 2.07. The number of aromatic nitrogens is 1. The number of benzene rings is 1. The van der Waals surface area contributed by atoms with Crippen molar-refractivity contribution in [2.24, 2.45) is 0 Å². The lowest BCUT2D eigenvalue weighted by molar-refractivity contribution is 0.478. The standard InChI is InChI=1S/C12H14BrN3O/c1-7-8(2)17-12(16-7)6-15-11-4-3-9(14)5-10(11)13/h3-5,15H,6,14H2,1-2H3. The average molecular weight is 296 g/mol. The Hall–Kier alpha value is -1.49. The van der Waals surface area contributed by atoms with Crippen LogP contribution in [0.4, 0.5) is 11.4 Å². The lowest BCUT2D eigenvalue weighted by atomic mass is 10.3. The SMILES string of the molecule is Cc1nc(CNc2ccc(N)cc2Br)oc1C. The lowest BCUT2D eigenvalue weighted by Crippen LogP contribution is -2.00. The zero-order valence-corrected chi connectivity index (χ0v) is 11.3. The second-order valence-electron chi connectivity index (χ2n) is 3.84. The number of nitrogen functional groups attached to an aromatic ring is 1. The van der Waals surface area contributed by atoms with Gasteiger partial charge in [-0.1, -0.05) is 0 Å². The lowest BCUT2D eigenvalue weighted by Gasteiger charge is -2.06. The van der Waals surface area contributed by atoms with Crippen molar-refractivity contribution >= 4 is 27.3 Å². The highest BCUT2D eigenvalue weighted by molar-refractivity contribution is 9.10. The van der Waals surface area contributed by atoms with Crippen molar-refractivity contribution in [1.82, 2.24) is 4.98 Å². The normalized spacial score (nSPS) is 10.5. The summed E-state index contributed by atoms with van der Waals surface area (Å²) in [5.74, 6) is 1.54. The number of rotatable bonds is 3. The molecule has 0 saturated carbocycles. The second-order valence-corrected chi connectivity index (χ2v) is 4.70. The monoisotopic (exact) mass is 295 g/mol. The number of aryl methyl sites for hydroxylation is 2. The van der Waals surface area contributed by atoms with Gasteiger partial charge >= 0.3 is 0 Å². The fourth-order valence-corrected chi connectivity index (χ4v) is 2.00. The Kier molecular flexibility index (Phi) is 3.38. The molecule has 2 rings (SSSR count). The predicted octanol–water partition coefficient (Wildman–Crippen LogP) is 3.25. The fraction of sp³-hybridized carbons (Fsp3) is 0.250. The number of hydrogen-bond donors (Lipinski definition) is 2. The van der Waals surface area contributed by atoms with Gasteiger partial charge in [0.15, 0.2) is 0 Å². The van der Waals surface area contributed by atoms with E-state index in [1.807, 2.05) is 32.0 Å². The minimum absolute atomic E-state index is 0.553. The second kappa shape index (κ2) is 4.79. The number of halogens is 1. The van der Waals surface area contributed by atoms with Crippen molar-refractivity contribution in [3.8, 4) is 0 Å². The summed E-state index contributed by atoms with van der Waals surface area (Å²) in [6.07, 6.45) is 0. The molecule has 0 bridgehead atoms. The number of nitrogens with two attached hydrogens (primary N) is 1. The van der Waals surface area contributed by atoms with Crippen LogP contribution < -0.4 is 11.1 Å². The van der Waals surface area contributed by atoms with E-state index in [-0.39, 0.29) is 0 Å². The summed E-state index contributed by atoms with van der Waals surface area (Å²) in [6.45, 7) is 4.39. The summed E-state index contributed by atoms with van der Waals surface area (Å²) in [7, 11) is 0. The van der Waals surface area contributed by atoms with Gasteiger partial charge in [0, 0.05) is 15.8 Å². The molecule has 0 saturated heterocycles. The van der Waals surface area contributed by atoms with Crippen molar-refractivity contribution in [3.63, 3.8) is 0 Å². The van der Waals surface area contributed by atoms with Gasteiger partial charge in [-0.2, -0.15) is 0 Å². The number of nitrogens with one attached hydrogen (secondary N) is 1. The van der Waals surface area contributed by atoms with Gasteiger partial charge in [0.25, 0.3) is 0 Å². The molecule has 5 heteroatoms. The zero-order valence-electron chi connectivity index (χ0n) is 9.75. The van der Waals surface area contributed by atoms with E-state index >= 15 is 0 Å². The minimum Gasteiger partial charge on any atom is -0.444 e. The van der Waals surface area contributed by atoms with Gasteiger partial charge in [-0.3, -0.25) is 0 Å². The molecule has 4 nitrogen and oxygen atoms in total. The van der Waals surface area contributed by atoms with Crippen molar-refractivity contribution in [2.45, 2.75) is 20.4 Å². The van der Waals surface area contributed by atoms with E-state index in [0.717, 1.165) is 27.3 Å². The average Bonchev–Trinajstić information content (AvgIpc) is 2.57. The van der Waals surface area contributed by atoms with Crippen molar-refractivity contribution < 1.29 is 4.42 Å². The summed E-state index contributed by atoms with van der Waals surface area (Å²) in [4.78, 5) is 4.30. The highest BCUT2D eigenvalue weighted by Crippen LogP contribution is 2.25. The third-order valence-corrected chi connectivity index (χ3v) is 3.15. The summed E-state index contributed by atoms with van der Waals surface area (Å²) in [5, 5.41) is 3.24. The maximum atomic E-state index is 5.67. The number of oxazole rings is 1. The van der Waals surface area contributed by atoms with Crippen molar-refractivity contribution in [1.29, 1.82) is 0 Å². The van der Waals surface area contributed by atoms with Crippen LogP contribution in [-0.4, -0.2) is 4.98 Å². The molecular weight excluding hydrogens is 282 g/mol. The molecule has 1 aromatic heterocycles. The van der Waals surface area contributed by atoms with Gasteiger partial charge in [-0.15, -0.1) is 0 Å². The number of hydrogen-bond acceptors (Lipinski definition) is 4. The Morgan fingerprint density at radius 3 is 2.76 bits per heavy atom. The molecule has 0 unspecified atom stereocenters. The summed E-state index contributed by atoms with van der Waals surface area (Å²) in [5.41, 5.74) is 8.29. The van der Waals surface area contributed by atoms with E-state index in [1.165, 1.54) is 0 Å². The summed E-state index contributed by atoms with van der Waals surface area (Å²) >= 11 is 3.45. The topological polar surface area (TPSA) is 64.1 Å². The van der Waals surface area contributed by atoms with Crippen molar-refractivity contribution in [3.05, 3.63) is 40.0 Å². The van der Waals surface area contributed by atoms with E-state index in [0.29, 0.717) is 12.4 Å². The molecule has 17 heavy (non-hydrogen) atoms. The van der Waals surface area contributed by atoms with E-state index in [4.69, 9.17) is 10.2 Å². The maximum Gasteiger partial charge on any atom is 0.213 e. The first-order valence-electron chi connectivity index (χ1n) is 5.28. The molecule has 3 N–H and O–H groups in total. The molecule has 1 aromatic carbocycles. The maximum absolute atomic E-state index is 5.67. The Morgan fingerprint density at radius 1 is 1.41 bits per heavy atom. The van der Waals surface area contributed by atoms with Gasteiger partial charge < -0.3 is 15.5 Å². The number of nitrogens with zero attached hydrogens (tertiary/aromatic N) is 1. The Labute approximate surface area is 108 Å². The van der Waals surface area contributed by atoms with Gasteiger partial charge in [0.05, 0.1) is 12.2 Å². The van der Waals surface area contributed by atoms with Crippen LogP contribution in [0.1, 0.15) is 17.3 Å². The van der Waals surface area contributed by atoms with E-state index < -0.39 is 0 Å². The highest BCUT2D eigenvalue weighted by atomic mass is 79.9. The van der Waals surface area contributed by atoms with Gasteiger partial charge in [0.2, 0.25) is 5.89 Å².